The van der Waals surface area contributed by atoms with Crippen molar-refractivity contribution in [1.82, 2.24) is 10.4 Å². The van der Waals surface area contributed by atoms with Gasteiger partial charge in [0.05, 0.1) is 9.83 Å². The molecule has 2 amide bonds. The minimum atomic E-state index is -1.12. The zero-order valence-corrected chi connectivity index (χ0v) is 17.1. The Morgan fingerprint density at radius 1 is 1.26 bits per heavy atom. The summed E-state index contributed by atoms with van der Waals surface area (Å²) in [6, 6.07) is 11.5. The van der Waals surface area contributed by atoms with Gasteiger partial charge in [0.2, 0.25) is 0 Å². The predicted octanol–water partition coefficient (Wildman–Crippen LogP) is 2.60. The molecule has 0 spiro atoms. The molecule has 0 aromatic heterocycles. The number of non-ortho nitro benzene ring substituents is 1. The molecule has 1 aliphatic rings. The van der Waals surface area contributed by atoms with Gasteiger partial charge >= 0.3 is 5.97 Å². The van der Waals surface area contributed by atoms with Crippen molar-refractivity contribution >= 4 is 57.8 Å². The number of hydrogen-bond acceptors (Lipinski definition) is 8. The molecule has 12 heteroatoms. The third kappa shape index (κ3) is 5.43. The molecule has 31 heavy (non-hydrogen) atoms. The number of benzene rings is 2. The average molecular weight is 459 g/mol. The summed E-state index contributed by atoms with van der Waals surface area (Å²) in [6.45, 7) is -0.505. The first-order valence-electron chi connectivity index (χ1n) is 8.52. The van der Waals surface area contributed by atoms with Gasteiger partial charge in [-0.1, -0.05) is 30.0 Å². The van der Waals surface area contributed by atoms with E-state index >= 15 is 0 Å². The van der Waals surface area contributed by atoms with Gasteiger partial charge in [-0.05, 0) is 42.1 Å². The maximum absolute atomic E-state index is 12.7. The number of aliphatic carboxylic acids is 1. The zero-order chi connectivity index (χ0) is 22.5. The molecule has 1 fully saturated rings. The van der Waals surface area contributed by atoms with Crippen molar-refractivity contribution in [3.8, 4) is 5.75 Å². The Labute approximate surface area is 184 Å². The normalized spacial score (nSPS) is 14.6. The number of nitro benzene ring substituents is 1. The number of carbonyl (C=O) groups is 3. The molecular formula is C19H13N3O7S2. The van der Waals surface area contributed by atoms with E-state index in [1.807, 2.05) is 0 Å². The molecule has 10 nitrogen and oxygen atoms in total. The minimum Gasteiger partial charge on any atom is -0.482 e. The SMILES string of the molecule is O=C(O)COc1cccc(/C=C2/SC(=S)N(NC(=O)c3cccc([N+](=O)[O-])c3)C2=O)c1. The van der Waals surface area contributed by atoms with Crippen LogP contribution < -0.4 is 10.2 Å². The lowest BCUT2D eigenvalue weighted by molar-refractivity contribution is -0.384. The van der Waals surface area contributed by atoms with Crippen molar-refractivity contribution in [3.63, 3.8) is 0 Å². The standard InChI is InChI=1S/C19H13N3O7S2/c23-16(24)10-29-14-6-1-3-11(7-14)8-15-18(26)21(19(30)31-15)20-17(25)12-4-2-5-13(9-12)22(27)28/h1-9H,10H2,(H,20,25)(H,23,24)/b15-8+. The van der Waals surface area contributed by atoms with Gasteiger partial charge in [-0.15, -0.1) is 0 Å². The van der Waals surface area contributed by atoms with E-state index in [-0.39, 0.29) is 20.5 Å². The number of carboxylic acids is 1. The number of carboxylic acid groups (broad SMARTS) is 1. The molecule has 2 N–H and O–H groups in total. The van der Waals surface area contributed by atoms with Crippen LogP contribution in [0.3, 0.4) is 0 Å². The molecule has 0 radical (unpaired) electrons. The Bertz CT molecular complexity index is 1130. The first-order valence-corrected chi connectivity index (χ1v) is 9.75. The Morgan fingerprint density at radius 3 is 2.71 bits per heavy atom. The second kappa shape index (κ2) is 9.36. The van der Waals surface area contributed by atoms with Crippen molar-refractivity contribution in [2.45, 2.75) is 0 Å². The highest BCUT2D eigenvalue weighted by Gasteiger charge is 2.34. The maximum Gasteiger partial charge on any atom is 0.341 e. The molecule has 3 rings (SSSR count). The van der Waals surface area contributed by atoms with Gasteiger partial charge in [0.15, 0.2) is 10.9 Å². The molecular weight excluding hydrogens is 446 g/mol. The lowest BCUT2D eigenvalue weighted by Crippen LogP contribution is -2.44. The van der Waals surface area contributed by atoms with Gasteiger partial charge in [0, 0.05) is 17.7 Å². The summed E-state index contributed by atoms with van der Waals surface area (Å²) < 4.78 is 5.19. The summed E-state index contributed by atoms with van der Waals surface area (Å²) in [5.74, 6) is -2.12. The number of amides is 2. The number of nitro groups is 1. The van der Waals surface area contributed by atoms with Crippen molar-refractivity contribution in [2.24, 2.45) is 0 Å². The number of rotatable bonds is 7. The number of thiocarbonyl (C=S) groups is 1. The lowest BCUT2D eigenvalue weighted by Gasteiger charge is -2.15. The summed E-state index contributed by atoms with van der Waals surface area (Å²) in [5.41, 5.74) is 2.65. The summed E-state index contributed by atoms with van der Waals surface area (Å²) in [6.07, 6.45) is 1.52. The van der Waals surface area contributed by atoms with Crippen LogP contribution in [0.5, 0.6) is 5.75 Å². The smallest absolute Gasteiger partial charge is 0.341 e. The van der Waals surface area contributed by atoms with Gasteiger partial charge in [-0.3, -0.25) is 25.1 Å². The molecule has 0 unspecified atom stereocenters. The van der Waals surface area contributed by atoms with Gasteiger partial charge in [-0.2, -0.15) is 5.01 Å². The average Bonchev–Trinajstić information content (AvgIpc) is 3.00. The molecule has 0 aliphatic carbocycles. The van der Waals surface area contributed by atoms with Crippen LogP contribution in [-0.2, 0) is 9.59 Å². The molecule has 1 saturated heterocycles. The van der Waals surface area contributed by atoms with Crippen LogP contribution in [0.4, 0.5) is 5.69 Å². The van der Waals surface area contributed by atoms with Crippen molar-refractivity contribution in [1.29, 1.82) is 0 Å². The van der Waals surface area contributed by atoms with Crippen LogP contribution >= 0.6 is 24.0 Å². The highest BCUT2D eigenvalue weighted by molar-refractivity contribution is 8.26. The van der Waals surface area contributed by atoms with E-state index in [0.29, 0.717) is 11.3 Å². The number of nitrogens with zero attached hydrogens (tertiary/aromatic N) is 2. The van der Waals surface area contributed by atoms with E-state index < -0.39 is 29.3 Å². The molecule has 2 aromatic carbocycles. The summed E-state index contributed by atoms with van der Waals surface area (Å²) in [7, 11) is 0. The van der Waals surface area contributed by atoms with Gasteiger partial charge in [0.25, 0.3) is 17.5 Å². The Balaban J connectivity index is 1.74. The largest absolute Gasteiger partial charge is 0.482 e. The molecule has 2 aromatic rings. The highest BCUT2D eigenvalue weighted by Crippen LogP contribution is 2.32. The van der Waals surface area contributed by atoms with E-state index in [2.05, 4.69) is 5.43 Å². The Morgan fingerprint density at radius 2 is 2.00 bits per heavy atom. The molecule has 0 saturated carbocycles. The number of thioether (sulfide) groups is 1. The molecule has 1 aliphatic heterocycles. The fraction of sp³-hybridized carbons (Fsp3) is 0.0526. The number of ether oxygens (including phenoxy) is 1. The summed E-state index contributed by atoms with van der Waals surface area (Å²) in [4.78, 5) is 46.2. The number of carbonyl (C=O) groups excluding carboxylic acids is 2. The summed E-state index contributed by atoms with van der Waals surface area (Å²) in [5, 5.41) is 20.5. The Hall–Kier alpha value is -3.77. The van der Waals surface area contributed by atoms with Gasteiger partial charge in [-0.25, -0.2) is 4.79 Å². The van der Waals surface area contributed by atoms with Crippen molar-refractivity contribution in [2.75, 3.05) is 6.61 Å². The molecule has 0 atom stereocenters. The second-order valence-corrected chi connectivity index (χ2v) is 7.70. The quantitative estimate of drug-likeness (QED) is 0.277. The first-order chi connectivity index (χ1) is 14.7. The third-order valence-corrected chi connectivity index (χ3v) is 5.15. The van der Waals surface area contributed by atoms with E-state index in [0.717, 1.165) is 22.8 Å². The monoisotopic (exact) mass is 459 g/mol. The Kier molecular flexibility index (Phi) is 6.62. The fourth-order valence-electron chi connectivity index (χ4n) is 2.48. The van der Waals surface area contributed by atoms with E-state index in [1.165, 1.54) is 24.3 Å². The number of nitrogens with one attached hydrogen (secondary N) is 1. The molecule has 1 heterocycles. The third-order valence-electron chi connectivity index (χ3n) is 3.84. The van der Waals surface area contributed by atoms with Crippen LogP contribution in [0.2, 0.25) is 0 Å². The van der Waals surface area contributed by atoms with E-state index in [1.54, 1.807) is 24.3 Å². The topological polar surface area (TPSA) is 139 Å². The van der Waals surface area contributed by atoms with Crippen LogP contribution in [-0.4, -0.2) is 43.7 Å². The molecule has 158 valence electrons. The van der Waals surface area contributed by atoms with E-state index in [4.69, 9.17) is 22.1 Å². The van der Waals surface area contributed by atoms with Crippen molar-refractivity contribution < 1.29 is 29.2 Å². The van der Waals surface area contributed by atoms with Crippen molar-refractivity contribution in [3.05, 3.63) is 74.7 Å². The number of hydrogen-bond donors (Lipinski definition) is 2. The predicted molar refractivity (Wildman–Crippen MR) is 115 cm³/mol. The van der Waals surface area contributed by atoms with Gasteiger partial charge in [0.1, 0.15) is 5.75 Å². The zero-order valence-electron chi connectivity index (χ0n) is 15.5. The maximum atomic E-state index is 12.7. The highest BCUT2D eigenvalue weighted by atomic mass is 32.2. The van der Waals surface area contributed by atoms with Crippen LogP contribution in [0.15, 0.2) is 53.4 Å². The van der Waals surface area contributed by atoms with Crippen LogP contribution in [0, 0.1) is 10.1 Å². The number of hydrazine groups is 1. The fourth-order valence-corrected chi connectivity index (χ4v) is 3.66. The first kappa shape index (κ1) is 21.9. The minimum absolute atomic E-state index is 0.00416. The lowest BCUT2D eigenvalue weighted by atomic mass is 10.2. The summed E-state index contributed by atoms with van der Waals surface area (Å²) >= 11 is 6.11. The van der Waals surface area contributed by atoms with E-state index in [9.17, 15) is 24.5 Å². The van der Waals surface area contributed by atoms with Crippen LogP contribution in [0.1, 0.15) is 15.9 Å². The molecule has 0 bridgehead atoms. The van der Waals surface area contributed by atoms with Gasteiger partial charge < -0.3 is 9.84 Å². The van der Waals surface area contributed by atoms with Crippen LogP contribution in [0.25, 0.3) is 6.08 Å². The second-order valence-electron chi connectivity index (χ2n) is 6.02.